The Hall–Kier alpha value is -2.10. The largest absolute Gasteiger partial charge is 0.338 e. The van der Waals surface area contributed by atoms with Crippen molar-refractivity contribution in [2.24, 2.45) is 5.92 Å². The van der Waals surface area contributed by atoms with Gasteiger partial charge in [-0.25, -0.2) is 0 Å². The Balaban J connectivity index is 1.57. The van der Waals surface area contributed by atoms with Gasteiger partial charge in [-0.1, -0.05) is 24.3 Å². The highest BCUT2D eigenvalue weighted by molar-refractivity contribution is 5.91. The highest BCUT2D eigenvalue weighted by Crippen LogP contribution is 2.22. The standard InChI is InChI=1S/C18H22N2O2/c21-17(12-14-5-1-2-6-14)19-16-8-3-7-15(11-16)13-20-10-4-9-18(20)22/h1,3,5,7-8,11,14H,2,4,6,9-10,12-13H2,(H,19,21)/t14-/m0/s1. The van der Waals surface area contributed by atoms with Crippen molar-refractivity contribution >= 4 is 17.5 Å². The van der Waals surface area contributed by atoms with E-state index in [1.807, 2.05) is 29.2 Å². The molecule has 0 unspecified atom stereocenters. The lowest BCUT2D eigenvalue weighted by molar-refractivity contribution is -0.128. The Kier molecular flexibility index (Phi) is 4.56. The summed E-state index contributed by atoms with van der Waals surface area (Å²) in [6.45, 7) is 1.47. The lowest BCUT2D eigenvalue weighted by atomic mass is 10.0. The molecule has 1 heterocycles. The van der Waals surface area contributed by atoms with Gasteiger partial charge in [0.2, 0.25) is 11.8 Å². The summed E-state index contributed by atoms with van der Waals surface area (Å²) in [5.41, 5.74) is 1.88. The van der Waals surface area contributed by atoms with Crippen LogP contribution in [0.2, 0.25) is 0 Å². The second kappa shape index (κ2) is 6.77. The van der Waals surface area contributed by atoms with Gasteiger partial charge in [0, 0.05) is 31.6 Å². The number of hydrogen-bond acceptors (Lipinski definition) is 2. The number of amides is 2. The van der Waals surface area contributed by atoms with E-state index in [4.69, 9.17) is 0 Å². The third-order valence-electron chi connectivity index (χ3n) is 4.32. The Morgan fingerprint density at radius 1 is 1.36 bits per heavy atom. The van der Waals surface area contributed by atoms with Gasteiger partial charge in [0.25, 0.3) is 0 Å². The number of carbonyl (C=O) groups is 2. The number of nitrogens with zero attached hydrogens (tertiary/aromatic N) is 1. The maximum atomic E-state index is 12.1. The number of anilines is 1. The van der Waals surface area contributed by atoms with Crippen molar-refractivity contribution in [3.05, 3.63) is 42.0 Å². The van der Waals surface area contributed by atoms with Crippen LogP contribution in [0.3, 0.4) is 0 Å². The molecule has 4 nitrogen and oxygen atoms in total. The molecule has 1 aliphatic heterocycles. The average molecular weight is 298 g/mol. The SMILES string of the molecule is O=C(C[C@H]1C=CCC1)Nc1cccc(CN2CCCC2=O)c1. The third kappa shape index (κ3) is 3.75. The summed E-state index contributed by atoms with van der Waals surface area (Å²) >= 11 is 0. The van der Waals surface area contributed by atoms with Gasteiger partial charge in [0.15, 0.2) is 0 Å². The third-order valence-corrected chi connectivity index (χ3v) is 4.32. The molecule has 1 atom stereocenters. The molecular weight excluding hydrogens is 276 g/mol. The molecule has 22 heavy (non-hydrogen) atoms. The molecule has 0 saturated carbocycles. The lowest BCUT2D eigenvalue weighted by Crippen LogP contribution is -2.23. The van der Waals surface area contributed by atoms with E-state index >= 15 is 0 Å². The molecule has 1 aromatic rings. The summed E-state index contributed by atoms with van der Waals surface area (Å²) in [7, 11) is 0. The smallest absolute Gasteiger partial charge is 0.224 e. The van der Waals surface area contributed by atoms with E-state index in [-0.39, 0.29) is 11.8 Å². The van der Waals surface area contributed by atoms with Crippen molar-refractivity contribution in [2.45, 2.75) is 38.6 Å². The minimum Gasteiger partial charge on any atom is -0.338 e. The Morgan fingerprint density at radius 2 is 2.27 bits per heavy atom. The highest BCUT2D eigenvalue weighted by atomic mass is 16.2. The van der Waals surface area contributed by atoms with Crippen molar-refractivity contribution in [3.63, 3.8) is 0 Å². The Morgan fingerprint density at radius 3 is 3.00 bits per heavy atom. The number of carbonyl (C=O) groups excluding carboxylic acids is 2. The van der Waals surface area contributed by atoms with Gasteiger partial charge in [-0.05, 0) is 42.9 Å². The first-order valence-electron chi connectivity index (χ1n) is 8.04. The number of rotatable bonds is 5. The van der Waals surface area contributed by atoms with Crippen molar-refractivity contribution in [1.82, 2.24) is 4.90 Å². The van der Waals surface area contributed by atoms with Crippen LogP contribution in [-0.2, 0) is 16.1 Å². The van der Waals surface area contributed by atoms with Crippen LogP contribution in [0.5, 0.6) is 0 Å². The summed E-state index contributed by atoms with van der Waals surface area (Å²) in [6, 6.07) is 7.80. The monoisotopic (exact) mass is 298 g/mol. The first kappa shape index (κ1) is 14.8. The molecule has 1 fully saturated rings. The maximum Gasteiger partial charge on any atom is 0.224 e. The molecule has 1 saturated heterocycles. The number of benzene rings is 1. The molecule has 2 amide bonds. The summed E-state index contributed by atoms with van der Waals surface area (Å²) in [5.74, 6) is 0.666. The maximum absolute atomic E-state index is 12.1. The molecule has 0 aromatic heterocycles. The second-order valence-corrected chi connectivity index (χ2v) is 6.14. The minimum atomic E-state index is 0.0611. The molecule has 3 rings (SSSR count). The molecule has 0 radical (unpaired) electrons. The average Bonchev–Trinajstić information content (AvgIpc) is 3.12. The quantitative estimate of drug-likeness (QED) is 0.849. The van der Waals surface area contributed by atoms with Crippen LogP contribution < -0.4 is 5.32 Å². The Labute approximate surface area is 131 Å². The summed E-state index contributed by atoms with van der Waals surface area (Å²) in [5, 5.41) is 2.97. The Bertz CT molecular complexity index is 595. The van der Waals surface area contributed by atoms with E-state index in [9.17, 15) is 9.59 Å². The topological polar surface area (TPSA) is 49.4 Å². The van der Waals surface area contributed by atoms with Gasteiger partial charge < -0.3 is 10.2 Å². The van der Waals surface area contributed by atoms with Crippen LogP contribution >= 0.6 is 0 Å². The fourth-order valence-corrected chi connectivity index (χ4v) is 3.15. The number of allylic oxidation sites excluding steroid dienone is 2. The fourth-order valence-electron chi connectivity index (χ4n) is 3.15. The van der Waals surface area contributed by atoms with Gasteiger partial charge >= 0.3 is 0 Å². The molecule has 1 N–H and O–H groups in total. The molecule has 1 aromatic carbocycles. The van der Waals surface area contributed by atoms with Gasteiger partial charge in [-0.2, -0.15) is 0 Å². The molecule has 0 spiro atoms. The van der Waals surface area contributed by atoms with E-state index in [0.29, 0.717) is 25.3 Å². The second-order valence-electron chi connectivity index (χ2n) is 6.14. The summed E-state index contributed by atoms with van der Waals surface area (Å²) in [6.07, 6.45) is 8.59. The van der Waals surface area contributed by atoms with Gasteiger partial charge in [-0.15, -0.1) is 0 Å². The summed E-state index contributed by atoms with van der Waals surface area (Å²) < 4.78 is 0. The minimum absolute atomic E-state index is 0.0611. The first-order valence-corrected chi connectivity index (χ1v) is 8.04. The van der Waals surface area contributed by atoms with Crippen LogP contribution in [-0.4, -0.2) is 23.3 Å². The number of hydrogen-bond donors (Lipinski definition) is 1. The van der Waals surface area contributed by atoms with Crippen LogP contribution in [0, 0.1) is 5.92 Å². The van der Waals surface area contributed by atoms with E-state index in [1.165, 1.54) is 0 Å². The molecular formula is C18H22N2O2. The highest BCUT2D eigenvalue weighted by Gasteiger charge is 2.20. The molecule has 0 bridgehead atoms. The normalized spacial score (nSPS) is 20.6. The van der Waals surface area contributed by atoms with Crippen LogP contribution in [0.4, 0.5) is 5.69 Å². The van der Waals surface area contributed by atoms with E-state index in [2.05, 4.69) is 17.5 Å². The van der Waals surface area contributed by atoms with Crippen molar-refractivity contribution in [3.8, 4) is 0 Å². The van der Waals surface area contributed by atoms with Gasteiger partial charge in [0.1, 0.15) is 0 Å². The van der Waals surface area contributed by atoms with E-state index in [1.54, 1.807) is 0 Å². The van der Waals surface area contributed by atoms with Gasteiger partial charge in [0.05, 0.1) is 0 Å². The van der Waals surface area contributed by atoms with Crippen LogP contribution in [0.1, 0.15) is 37.7 Å². The molecule has 1 aliphatic carbocycles. The predicted octanol–water partition coefficient (Wildman–Crippen LogP) is 3.10. The van der Waals surface area contributed by atoms with Gasteiger partial charge in [-0.3, -0.25) is 9.59 Å². The van der Waals surface area contributed by atoms with Crippen molar-refractivity contribution in [1.29, 1.82) is 0 Å². The molecule has 116 valence electrons. The van der Waals surface area contributed by atoms with E-state index in [0.717, 1.165) is 37.1 Å². The zero-order chi connectivity index (χ0) is 15.4. The van der Waals surface area contributed by atoms with E-state index < -0.39 is 0 Å². The van der Waals surface area contributed by atoms with Crippen molar-refractivity contribution < 1.29 is 9.59 Å². The van der Waals surface area contributed by atoms with Crippen molar-refractivity contribution in [2.75, 3.05) is 11.9 Å². The molecule has 4 heteroatoms. The fraction of sp³-hybridized carbons (Fsp3) is 0.444. The first-order chi connectivity index (χ1) is 10.7. The molecule has 2 aliphatic rings. The summed E-state index contributed by atoms with van der Waals surface area (Å²) in [4.78, 5) is 25.6. The zero-order valence-corrected chi connectivity index (χ0v) is 12.8. The van der Waals surface area contributed by atoms with Crippen LogP contribution in [0.15, 0.2) is 36.4 Å². The predicted molar refractivity (Wildman–Crippen MR) is 86.2 cm³/mol. The number of likely N-dealkylation sites (tertiary alicyclic amines) is 1. The lowest BCUT2D eigenvalue weighted by Gasteiger charge is -2.16. The number of nitrogens with one attached hydrogen (secondary N) is 1. The van der Waals surface area contributed by atoms with Crippen LogP contribution in [0.25, 0.3) is 0 Å². The zero-order valence-electron chi connectivity index (χ0n) is 12.8.